The number of allylic oxidation sites excluding steroid dienone is 2. The Bertz CT molecular complexity index is 847. The van der Waals surface area contributed by atoms with Crippen molar-refractivity contribution in [1.82, 2.24) is 4.90 Å². The lowest BCUT2D eigenvalue weighted by molar-refractivity contribution is -0.157. The summed E-state index contributed by atoms with van der Waals surface area (Å²) in [6.07, 6.45) is 6.91. The minimum absolute atomic E-state index is 0.0268. The maximum atomic E-state index is 12.5. The van der Waals surface area contributed by atoms with Gasteiger partial charge in [0, 0.05) is 32.4 Å². The Morgan fingerprint density at radius 2 is 2.00 bits per heavy atom. The number of hydrogen-bond donors (Lipinski definition) is 2. The lowest BCUT2D eigenvalue weighted by atomic mass is 9.88. The first-order valence-electron chi connectivity index (χ1n) is 12.9. The zero-order valence-corrected chi connectivity index (χ0v) is 23.3. The molecule has 1 aliphatic rings. The first kappa shape index (κ1) is 32.4. The van der Waals surface area contributed by atoms with Crippen LogP contribution in [0.4, 0.5) is 4.79 Å². The topological polar surface area (TPSA) is 123 Å². The molecule has 0 radical (unpaired) electrons. The van der Waals surface area contributed by atoms with Gasteiger partial charge in [0.15, 0.2) is 0 Å². The summed E-state index contributed by atoms with van der Waals surface area (Å²) in [5, 5.41) is 21.2. The first-order valence-corrected chi connectivity index (χ1v) is 12.9. The molecule has 9 heteroatoms. The minimum Gasteiger partial charge on any atom is -0.457 e. The lowest BCUT2D eigenvalue weighted by Crippen LogP contribution is -2.42. The van der Waals surface area contributed by atoms with E-state index < -0.39 is 35.9 Å². The van der Waals surface area contributed by atoms with Gasteiger partial charge in [-0.15, -0.1) is 0 Å². The number of ether oxygens (including phenoxy) is 3. The maximum absolute atomic E-state index is 12.5. The molecule has 1 rings (SSSR count). The van der Waals surface area contributed by atoms with E-state index in [1.165, 1.54) is 11.8 Å². The molecule has 0 unspecified atom stereocenters. The van der Waals surface area contributed by atoms with E-state index in [0.717, 1.165) is 12.0 Å². The van der Waals surface area contributed by atoms with Crippen LogP contribution in [-0.2, 0) is 23.8 Å². The highest BCUT2D eigenvalue weighted by molar-refractivity contribution is 5.70. The van der Waals surface area contributed by atoms with Gasteiger partial charge in [-0.3, -0.25) is 9.59 Å². The number of carbonyl (C=O) groups excluding carboxylic acids is 3. The fourth-order valence-electron chi connectivity index (χ4n) is 3.92. The zero-order chi connectivity index (χ0) is 28.2. The number of aliphatic hydroxyl groups excluding tert-OH is 1. The third-order valence-corrected chi connectivity index (χ3v) is 6.21. The third kappa shape index (κ3) is 12.0. The minimum atomic E-state index is -1.42. The normalized spacial score (nSPS) is 29.4. The molecule has 210 valence electrons. The van der Waals surface area contributed by atoms with Crippen LogP contribution >= 0.6 is 0 Å². The van der Waals surface area contributed by atoms with Crippen LogP contribution in [-0.4, -0.2) is 77.3 Å². The van der Waals surface area contributed by atoms with Crippen molar-refractivity contribution >= 4 is 18.0 Å². The van der Waals surface area contributed by atoms with Crippen LogP contribution in [0.2, 0.25) is 0 Å². The summed E-state index contributed by atoms with van der Waals surface area (Å²) in [6.45, 7) is 11.3. The number of carbonyl (C=O) groups is 3. The molecule has 1 amide bonds. The van der Waals surface area contributed by atoms with Crippen LogP contribution in [0.15, 0.2) is 36.0 Å². The highest BCUT2D eigenvalue weighted by Crippen LogP contribution is 2.27. The van der Waals surface area contributed by atoms with Gasteiger partial charge in [-0.1, -0.05) is 45.1 Å². The average molecular weight is 524 g/mol. The number of nitrogens with zero attached hydrogens (tertiary/aromatic N) is 1. The maximum Gasteiger partial charge on any atom is 0.409 e. The van der Waals surface area contributed by atoms with E-state index in [-0.39, 0.29) is 43.8 Å². The SMILES string of the molecule is CCCN(C)C(=O)OC[C@@H](C)/C=C/C=C(\C)[C@H]1OC(=O)C[C@@H](O)CC[C@](C)(O)[C@@H](OC(C)=O)/C=C\[C@@H]1C. The molecule has 2 N–H and O–H groups in total. The van der Waals surface area contributed by atoms with E-state index in [0.29, 0.717) is 6.54 Å². The van der Waals surface area contributed by atoms with Gasteiger partial charge in [-0.25, -0.2) is 4.79 Å². The number of esters is 2. The number of rotatable bonds is 8. The van der Waals surface area contributed by atoms with Crippen LogP contribution in [0.5, 0.6) is 0 Å². The van der Waals surface area contributed by atoms with Crippen LogP contribution < -0.4 is 0 Å². The molecule has 0 aromatic rings. The molecule has 9 nitrogen and oxygen atoms in total. The summed E-state index contributed by atoms with van der Waals surface area (Å²) in [4.78, 5) is 37.6. The van der Waals surface area contributed by atoms with Crippen LogP contribution in [0.25, 0.3) is 0 Å². The van der Waals surface area contributed by atoms with E-state index in [4.69, 9.17) is 14.2 Å². The number of amides is 1. The Hall–Kier alpha value is -2.65. The Kier molecular flexibility index (Phi) is 13.6. The van der Waals surface area contributed by atoms with Crippen molar-refractivity contribution in [2.75, 3.05) is 20.2 Å². The molecule has 0 spiro atoms. The fraction of sp³-hybridized carbons (Fsp3) is 0.679. The zero-order valence-electron chi connectivity index (χ0n) is 23.3. The van der Waals surface area contributed by atoms with Gasteiger partial charge in [0.05, 0.1) is 19.1 Å². The molecule has 0 bridgehead atoms. The lowest BCUT2D eigenvalue weighted by Gasteiger charge is -2.32. The summed E-state index contributed by atoms with van der Waals surface area (Å²) in [5.41, 5.74) is -0.656. The Morgan fingerprint density at radius 1 is 1.32 bits per heavy atom. The Balaban J connectivity index is 3.03. The van der Waals surface area contributed by atoms with Crippen molar-refractivity contribution in [2.45, 2.75) is 91.1 Å². The van der Waals surface area contributed by atoms with E-state index in [1.54, 1.807) is 26.1 Å². The average Bonchev–Trinajstić information content (AvgIpc) is 2.81. The van der Waals surface area contributed by atoms with Gasteiger partial charge in [-0.2, -0.15) is 0 Å². The van der Waals surface area contributed by atoms with Gasteiger partial charge in [0.1, 0.15) is 17.8 Å². The van der Waals surface area contributed by atoms with Gasteiger partial charge in [0.25, 0.3) is 0 Å². The molecule has 1 aliphatic heterocycles. The van der Waals surface area contributed by atoms with Crippen LogP contribution in [0.3, 0.4) is 0 Å². The van der Waals surface area contributed by atoms with Crippen molar-refractivity contribution in [3.8, 4) is 0 Å². The molecule has 0 aromatic heterocycles. The standard InChI is InChI=1S/C28H45NO8/c1-8-16-29(7)27(33)35-18-19(2)10-9-11-20(3)26-21(4)12-13-24(36-22(5)30)28(6,34)15-14-23(31)17-25(32)37-26/h9-13,19,21,23-24,26,31,34H,8,14-18H2,1-7H3/b10-9+,13-12-,20-11+/t19-,21-,23-,24-,26+,28-/m0/s1. The van der Waals surface area contributed by atoms with E-state index in [9.17, 15) is 24.6 Å². The van der Waals surface area contributed by atoms with Gasteiger partial charge in [-0.05, 0) is 44.8 Å². The summed E-state index contributed by atoms with van der Waals surface area (Å²) >= 11 is 0. The van der Waals surface area contributed by atoms with Crippen molar-refractivity contribution in [3.05, 3.63) is 36.0 Å². The molecule has 37 heavy (non-hydrogen) atoms. The highest BCUT2D eigenvalue weighted by atomic mass is 16.6. The number of hydrogen-bond acceptors (Lipinski definition) is 8. The van der Waals surface area contributed by atoms with Crippen molar-refractivity contribution < 1.29 is 38.8 Å². The summed E-state index contributed by atoms with van der Waals surface area (Å²) in [5.74, 6) is -1.41. The summed E-state index contributed by atoms with van der Waals surface area (Å²) < 4.78 is 16.4. The molecule has 0 fully saturated rings. The van der Waals surface area contributed by atoms with Gasteiger partial charge >= 0.3 is 18.0 Å². The molecular weight excluding hydrogens is 478 g/mol. The van der Waals surface area contributed by atoms with E-state index >= 15 is 0 Å². The molecule has 0 aromatic carbocycles. The second-order valence-corrected chi connectivity index (χ2v) is 10.2. The smallest absolute Gasteiger partial charge is 0.409 e. The monoisotopic (exact) mass is 523 g/mol. The Labute approximate surface area is 221 Å². The molecule has 0 aliphatic carbocycles. The molecule has 0 saturated heterocycles. The Morgan fingerprint density at radius 3 is 2.62 bits per heavy atom. The highest BCUT2D eigenvalue weighted by Gasteiger charge is 2.35. The van der Waals surface area contributed by atoms with Crippen molar-refractivity contribution in [1.29, 1.82) is 0 Å². The van der Waals surface area contributed by atoms with Crippen molar-refractivity contribution in [3.63, 3.8) is 0 Å². The van der Waals surface area contributed by atoms with Crippen LogP contribution in [0, 0.1) is 11.8 Å². The van der Waals surface area contributed by atoms with E-state index in [1.807, 2.05) is 45.9 Å². The largest absolute Gasteiger partial charge is 0.457 e. The quantitative estimate of drug-likeness (QED) is 0.212. The molecular formula is C28H45NO8. The van der Waals surface area contributed by atoms with Crippen molar-refractivity contribution in [2.24, 2.45) is 11.8 Å². The second kappa shape index (κ2) is 15.6. The number of cyclic esters (lactones) is 1. The summed E-state index contributed by atoms with van der Waals surface area (Å²) in [7, 11) is 1.70. The van der Waals surface area contributed by atoms with Gasteiger partial charge < -0.3 is 29.3 Å². The molecule has 6 atom stereocenters. The molecule has 0 saturated carbocycles. The predicted molar refractivity (Wildman–Crippen MR) is 141 cm³/mol. The van der Waals surface area contributed by atoms with Crippen LogP contribution in [0.1, 0.15) is 67.2 Å². The fourth-order valence-corrected chi connectivity index (χ4v) is 3.92. The van der Waals surface area contributed by atoms with E-state index in [2.05, 4.69) is 0 Å². The number of aliphatic hydroxyl groups is 2. The predicted octanol–water partition coefficient (Wildman–Crippen LogP) is 3.94. The first-order chi connectivity index (χ1) is 17.3. The summed E-state index contributed by atoms with van der Waals surface area (Å²) in [6, 6.07) is 0. The molecule has 1 heterocycles. The third-order valence-electron chi connectivity index (χ3n) is 6.21. The van der Waals surface area contributed by atoms with Gasteiger partial charge in [0.2, 0.25) is 0 Å². The second-order valence-electron chi connectivity index (χ2n) is 10.2.